The molecule has 0 radical (unpaired) electrons. The van der Waals surface area contributed by atoms with Crippen molar-refractivity contribution in [1.82, 2.24) is 19.7 Å². The zero-order chi connectivity index (χ0) is 22.2. The number of nitrogens with one attached hydrogen (secondary N) is 1. The van der Waals surface area contributed by atoms with E-state index < -0.39 is 23.3 Å². The van der Waals surface area contributed by atoms with E-state index >= 15 is 0 Å². The Hall–Kier alpha value is -3.07. The summed E-state index contributed by atoms with van der Waals surface area (Å²) in [5, 5.41) is 7.26. The highest BCUT2D eigenvalue weighted by atomic mass is 35.5. The van der Waals surface area contributed by atoms with E-state index in [1.807, 2.05) is 0 Å². The van der Waals surface area contributed by atoms with Crippen LogP contribution < -0.4 is 11.0 Å². The van der Waals surface area contributed by atoms with Gasteiger partial charge in [0.25, 0.3) is 5.91 Å². The lowest BCUT2D eigenvalue weighted by molar-refractivity contribution is -0.137. The molecule has 1 heterocycles. The Morgan fingerprint density at radius 1 is 1.16 bits per heavy atom. The van der Waals surface area contributed by atoms with Crippen LogP contribution in [0.5, 0.6) is 0 Å². The Balaban J connectivity index is 1.56. The summed E-state index contributed by atoms with van der Waals surface area (Å²) in [6, 6.07) is 11.2. The van der Waals surface area contributed by atoms with Gasteiger partial charge in [-0.3, -0.25) is 9.36 Å². The van der Waals surface area contributed by atoms with E-state index in [0.29, 0.717) is 10.6 Å². The number of halogens is 4. The van der Waals surface area contributed by atoms with Crippen LogP contribution in [0.25, 0.3) is 11.4 Å². The molecule has 4 rings (SSSR count). The summed E-state index contributed by atoms with van der Waals surface area (Å²) < 4.78 is 41.9. The number of hydrogen-bond donors (Lipinski definition) is 1. The zero-order valence-corrected chi connectivity index (χ0v) is 17.0. The van der Waals surface area contributed by atoms with E-state index in [9.17, 15) is 22.8 Å². The van der Waals surface area contributed by atoms with Gasteiger partial charge in [-0.25, -0.2) is 9.48 Å². The van der Waals surface area contributed by atoms with Gasteiger partial charge in [0, 0.05) is 18.2 Å². The van der Waals surface area contributed by atoms with E-state index in [2.05, 4.69) is 10.4 Å². The van der Waals surface area contributed by atoms with E-state index in [1.54, 1.807) is 24.3 Å². The molecule has 0 saturated heterocycles. The minimum Gasteiger partial charge on any atom is -0.350 e. The number of aromatic nitrogens is 3. The summed E-state index contributed by atoms with van der Waals surface area (Å²) in [6.45, 7) is 0.175. The fraction of sp³-hybridized carbons (Fsp3) is 0.286. The maximum atomic E-state index is 13.1. The van der Waals surface area contributed by atoms with Crippen LogP contribution >= 0.6 is 11.6 Å². The van der Waals surface area contributed by atoms with Gasteiger partial charge in [0.15, 0.2) is 5.82 Å². The van der Waals surface area contributed by atoms with Crippen molar-refractivity contribution in [2.45, 2.75) is 31.6 Å². The van der Waals surface area contributed by atoms with Crippen molar-refractivity contribution < 1.29 is 18.0 Å². The third-order valence-electron chi connectivity index (χ3n) is 4.96. The molecule has 1 N–H and O–H groups in total. The molecule has 162 valence electrons. The van der Waals surface area contributed by atoms with E-state index in [-0.39, 0.29) is 30.5 Å². The Bertz CT molecular complexity index is 1180. The molecule has 0 atom stereocenters. The largest absolute Gasteiger partial charge is 0.416 e. The second-order valence-electron chi connectivity index (χ2n) is 7.24. The van der Waals surface area contributed by atoms with Gasteiger partial charge < -0.3 is 5.32 Å². The average Bonchev–Trinajstić information content (AvgIpc) is 3.51. The topological polar surface area (TPSA) is 68.9 Å². The smallest absolute Gasteiger partial charge is 0.350 e. The lowest BCUT2D eigenvalue weighted by Crippen LogP contribution is -2.32. The summed E-state index contributed by atoms with van der Waals surface area (Å²) in [4.78, 5) is 25.1. The van der Waals surface area contributed by atoms with Crippen LogP contribution in [0.3, 0.4) is 0 Å². The third kappa shape index (κ3) is 4.51. The number of nitrogens with zero attached hydrogens (tertiary/aromatic N) is 3. The SMILES string of the molecule is O=C(NCCn1nc(-c2cccc(C(F)(F)F)c2)n(C2CC2)c1=O)c1ccccc1Cl. The number of benzene rings is 2. The van der Waals surface area contributed by atoms with Gasteiger partial charge >= 0.3 is 11.9 Å². The molecule has 3 aromatic rings. The van der Waals surface area contributed by atoms with Crippen LogP contribution in [0.4, 0.5) is 13.2 Å². The van der Waals surface area contributed by atoms with Crippen molar-refractivity contribution >= 4 is 17.5 Å². The molecule has 1 aliphatic rings. The number of alkyl halides is 3. The van der Waals surface area contributed by atoms with Crippen molar-refractivity contribution in [3.63, 3.8) is 0 Å². The predicted octanol–water partition coefficient (Wildman–Crippen LogP) is 4.15. The molecule has 31 heavy (non-hydrogen) atoms. The standard InChI is InChI=1S/C21H18ClF3N4O2/c22-17-7-2-1-6-16(17)19(30)26-10-11-28-20(31)29(15-8-9-15)18(27-28)13-4-3-5-14(12-13)21(23,24)25/h1-7,12,15H,8-11H2,(H,26,30). The molecule has 0 unspecified atom stereocenters. The van der Waals surface area contributed by atoms with Gasteiger partial charge in [-0.2, -0.15) is 13.2 Å². The lowest BCUT2D eigenvalue weighted by atomic mass is 10.1. The molecule has 0 bridgehead atoms. The van der Waals surface area contributed by atoms with Crippen LogP contribution in [-0.4, -0.2) is 26.8 Å². The van der Waals surface area contributed by atoms with Crippen LogP contribution in [0.1, 0.15) is 34.8 Å². The van der Waals surface area contributed by atoms with Crippen LogP contribution in [0, 0.1) is 0 Å². The number of carbonyl (C=O) groups is 1. The van der Waals surface area contributed by atoms with E-state index in [0.717, 1.165) is 25.0 Å². The Morgan fingerprint density at radius 2 is 1.90 bits per heavy atom. The molecule has 2 aromatic carbocycles. The summed E-state index contributed by atoms with van der Waals surface area (Å²) in [5.74, 6) is -0.200. The first-order valence-electron chi connectivity index (χ1n) is 9.65. The molecule has 6 nitrogen and oxygen atoms in total. The first kappa shape index (κ1) is 21.2. The molecule has 0 aliphatic heterocycles. The van der Waals surface area contributed by atoms with Crippen LogP contribution in [0.2, 0.25) is 5.02 Å². The highest BCUT2D eigenvalue weighted by Crippen LogP contribution is 2.37. The summed E-state index contributed by atoms with van der Waals surface area (Å²) in [6.07, 6.45) is -2.96. The van der Waals surface area contributed by atoms with Crippen molar-refractivity contribution in [2.75, 3.05) is 6.54 Å². The Kier molecular flexibility index (Phi) is 5.62. The normalized spacial score (nSPS) is 13.9. The quantitative estimate of drug-likeness (QED) is 0.613. The van der Waals surface area contributed by atoms with Crippen molar-refractivity contribution in [3.8, 4) is 11.4 Å². The molecule has 10 heteroatoms. The first-order chi connectivity index (χ1) is 14.8. The third-order valence-corrected chi connectivity index (χ3v) is 5.29. The van der Waals surface area contributed by atoms with Crippen molar-refractivity contribution in [1.29, 1.82) is 0 Å². The fourth-order valence-electron chi connectivity index (χ4n) is 3.28. The number of hydrogen-bond acceptors (Lipinski definition) is 3. The van der Waals surface area contributed by atoms with Gasteiger partial charge in [-0.15, -0.1) is 5.10 Å². The summed E-state index contributed by atoms with van der Waals surface area (Å²) in [7, 11) is 0. The second-order valence-corrected chi connectivity index (χ2v) is 7.65. The highest BCUT2D eigenvalue weighted by molar-refractivity contribution is 6.33. The van der Waals surface area contributed by atoms with Crippen LogP contribution in [0.15, 0.2) is 53.3 Å². The highest BCUT2D eigenvalue weighted by Gasteiger charge is 2.33. The second kappa shape index (κ2) is 8.22. The van der Waals surface area contributed by atoms with Gasteiger partial charge in [0.2, 0.25) is 0 Å². The van der Waals surface area contributed by atoms with E-state index in [4.69, 9.17) is 11.6 Å². The monoisotopic (exact) mass is 450 g/mol. The molecular formula is C21H18ClF3N4O2. The summed E-state index contributed by atoms with van der Waals surface area (Å²) in [5.41, 5.74) is -0.689. The molecule has 1 saturated carbocycles. The molecular weight excluding hydrogens is 433 g/mol. The maximum Gasteiger partial charge on any atom is 0.416 e. The molecule has 1 aromatic heterocycles. The molecule has 1 amide bonds. The van der Waals surface area contributed by atoms with Crippen LogP contribution in [-0.2, 0) is 12.7 Å². The van der Waals surface area contributed by atoms with E-state index in [1.165, 1.54) is 21.4 Å². The number of carbonyl (C=O) groups excluding carboxylic acids is 1. The summed E-state index contributed by atoms with van der Waals surface area (Å²) >= 11 is 6.01. The van der Waals surface area contributed by atoms with Crippen molar-refractivity contribution in [3.05, 3.63) is 75.2 Å². The maximum absolute atomic E-state index is 13.1. The Labute approximate surface area is 180 Å². The number of amides is 1. The number of rotatable bonds is 6. The Morgan fingerprint density at radius 3 is 2.58 bits per heavy atom. The minimum absolute atomic E-state index is 0.0701. The molecule has 1 fully saturated rings. The molecule has 0 spiro atoms. The molecule has 1 aliphatic carbocycles. The van der Waals surface area contributed by atoms with Gasteiger partial charge in [0.05, 0.1) is 22.7 Å². The van der Waals surface area contributed by atoms with Gasteiger partial charge in [-0.05, 0) is 37.1 Å². The van der Waals surface area contributed by atoms with Gasteiger partial charge in [-0.1, -0.05) is 35.9 Å². The predicted molar refractivity (Wildman–Crippen MR) is 109 cm³/mol. The zero-order valence-electron chi connectivity index (χ0n) is 16.2. The van der Waals surface area contributed by atoms with Gasteiger partial charge in [0.1, 0.15) is 0 Å². The first-order valence-corrected chi connectivity index (χ1v) is 10.0. The minimum atomic E-state index is -4.49. The van der Waals surface area contributed by atoms with Crippen molar-refractivity contribution in [2.24, 2.45) is 0 Å². The lowest BCUT2D eigenvalue weighted by Gasteiger charge is -2.09. The fourth-order valence-corrected chi connectivity index (χ4v) is 3.50. The average molecular weight is 451 g/mol.